The Labute approximate surface area is 173 Å². The molecule has 0 atom stereocenters. The van der Waals surface area contributed by atoms with Gasteiger partial charge in [0, 0.05) is 29.9 Å². The van der Waals surface area contributed by atoms with Gasteiger partial charge < -0.3 is 15.2 Å². The summed E-state index contributed by atoms with van der Waals surface area (Å²) in [6.45, 7) is 9.03. The third-order valence-corrected chi connectivity index (χ3v) is 4.43. The van der Waals surface area contributed by atoms with Crippen LogP contribution in [-0.4, -0.2) is 29.1 Å². The van der Waals surface area contributed by atoms with E-state index < -0.39 is 5.82 Å². The molecule has 1 heterocycles. The molecule has 3 rings (SSSR count). The normalized spacial score (nSPS) is 10.3. The second-order valence-electron chi connectivity index (χ2n) is 6.57. The minimum Gasteiger partial charge on any atom is -0.489 e. The highest BCUT2D eigenvalue weighted by atomic mass is 19.1. The van der Waals surface area contributed by atoms with Crippen LogP contribution in [0.3, 0.4) is 0 Å². The third kappa shape index (κ3) is 4.99. The predicted octanol–water partition coefficient (Wildman–Crippen LogP) is 4.05. The van der Waals surface area contributed by atoms with Crippen LogP contribution in [-0.2, 0) is 6.61 Å². The first kappa shape index (κ1) is 21.0. The zero-order valence-electron chi connectivity index (χ0n) is 16.4. The molecule has 3 aromatic rings. The van der Waals surface area contributed by atoms with Crippen molar-refractivity contribution in [2.24, 2.45) is 0 Å². The Morgan fingerprint density at radius 2 is 2.07 bits per heavy atom. The van der Waals surface area contributed by atoms with E-state index in [4.69, 9.17) is 16.4 Å². The molecule has 0 spiro atoms. The second kappa shape index (κ2) is 9.63. The molecular formula is C23H20FN3O3. The zero-order chi connectivity index (χ0) is 21.5. The number of nitrogens with zero attached hydrogens (tertiary/aromatic N) is 2. The summed E-state index contributed by atoms with van der Waals surface area (Å²) < 4.78 is 19.3. The minimum atomic E-state index is -0.614. The molecule has 2 aromatic carbocycles. The van der Waals surface area contributed by atoms with Crippen LogP contribution in [0, 0.1) is 19.3 Å². The number of halogens is 1. The molecule has 0 aliphatic heterocycles. The molecule has 30 heavy (non-hydrogen) atoms. The average molecular weight is 405 g/mol. The number of rotatable bonds is 7. The van der Waals surface area contributed by atoms with Crippen LogP contribution in [0.15, 0.2) is 54.7 Å². The summed E-state index contributed by atoms with van der Waals surface area (Å²) in [6.07, 6.45) is 1.66. The van der Waals surface area contributed by atoms with Gasteiger partial charge >= 0.3 is 0 Å². The molecule has 1 aromatic heterocycles. The van der Waals surface area contributed by atoms with Crippen LogP contribution in [0.5, 0.6) is 5.75 Å². The monoisotopic (exact) mass is 405 g/mol. The Bertz CT molecular complexity index is 1110. The van der Waals surface area contributed by atoms with Gasteiger partial charge in [-0.05, 0) is 54.4 Å². The number of hydrogen-bond donors (Lipinski definition) is 2. The van der Waals surface area contributed by atoms with Gasteiger partial charge in [-0.1, -0.05) is 6.07 Å². The van der Waals surface area contributed by atoms with Crippen molar-refractivity contribution in [2.75, 3.05) is 13.2 Å². The fraction of sp³-hybridized carbons (Fsp3) is 0.174. The van der Waals surface area contributed by atoms with Gasteiger partial charge in [0.05, 0.1) is 18.9 Å². The van der Waals surface area contributed by atoms with E-state index in [-0.39, 0.29) is 31.4 Å². The summed E-state index contributed by atoms with van der Waals surface area (Å²) in [7, 11) is 0. The number of aliphatic hydroxyl groups excluding tert-OH is 1. The number of carbonyl (C=O) groups is 1. The van der Waals surface area contributed by atoms with Gasteiger partial charge in [-0.15, -0.1) is 0 Å². The molecule has 6 nitrogen and oxygen atoms in total. The van der Waals surface area contributed by atoms with E-state index in [1.807, 2.05) is 25.1 Å². The standard InChI is InChI=1S/C23H20FN3O3/c1-15-11-17(3-5-19(15)23(29)27-9-10-28)22-12-16(7-8-26-22)14-30-18-4-6-21(25-2)20(24)13-18/h3-8,11-13,28H,9-10,14H2,1H3,(H,27,29). The molecule has 0 saturated carbocycles. The molecule has 0 aliphatic carbocycles. The smallest absolute Gasteiger partial charge is 0.251 e. The summed E-state index contributed by atoms with van der Waals surface area (Å²) in [5.74, 6) is -0.511. The van der Waals surface area contributed by atoms with Crippen molar-refractivity contribution in [1.82, 2.24) is 10.3 Å². The lowest BCUT2D eigenvalue weighted by atomic mass is 10.0. The van der Waals surface area contributed by atoms with Gasteiger partial charge in [0.1, 0.15) is 18.2 Å². The molecule has 0 saturated heterocycles. The van der Waals surface area contributed by atoms with E-state index in [9.17, 15) is 9.18 Å². The lowest BCUT2D eigenvalue weighted by Crippen LogP contribution is -2.26. The van der Waals surface area contributed by atoms with Gasteiger partial charge in [0.2, 0.25) is 5.69 Å². The zero-order valence-corrected chi connectivity index (χ0v) is 16.4. The predicted molar refractivity (Wildman–Crippen MR) is 111 cm³/mol. The van der Waals surface area contributed by atoms with E-state index in [1.165, 1.54) is 12.1 Å². The largest absolute Gasteiger partial charge is 0.489 e. The van der Waals surface area contributed by atoms with E-state index in [1.54, 1.807) is 24.4 Å². The molecule has 2 N–H and O–H groups in total. The van der Waals surface area contributed by atoms with Crippen LogP contribution in [0.25, 0.3) is 16.1 Å². The molecule has 1 amide bonds. The van der Waals surface area contributed by atoms with Crippen LogP contribution in [0.2, 0.25) is 0 Å². The van der Waals surface area contributed by atoms with Crippen LogP contribution in [0.4, 0.5) is 10.1 Å². The Morgan fingerprint density at radius 3 is 2.77 bits per heavy atom. The van der Waals surface area contributed by atoms with Crippen molar-refractivity contribution in [3.63, 3.8) is 0 Å². The Morgan fingerprint density at radius 1 is 1.23 bits per heavy atom. The van der Waals surface area contributed by atoms with E-state index in [2.05, 4.69) is 15.1 Å². The number of hydrogen-bond acceptors (Lipinski definition) is 4. The number of amides is 1. The van der Waals surface area contributed by atoms with E-state index >= 15 is 0 Å². The topological polar surface area (TPSA) is 75.8 Å². The maximum atomic E-state index is 13.7. The fourth-order valence-electron chi connectivity index (χ4n) is 2.90. The van der Waals surface area contributed by atoms with Crippen LogP contribution < -0.4 is 10.1 Å². The Balaban J connectivity index is 1.73. The second-order valence-corrected chi connectivity index (χ2v) is 6.57. The number of aliphatic hydroxyl groups is 1. The van der Waals surface area contributed by atoms with Gasteiger partial charge in [0.25, 0.3) is 5.91 Å². The highest BCUT2D eigenvalue weighted by Crippen LogP contribution is 2.25. The lowest BCUT2D eigenvalue weighted by Gasteiger charge is -2.10. The SMILES string of the molecule is [C-]#[N+]c1ccc(OCc2ccnc(-c3ccc(C(=O)NCCO)c(C)c3)c2)cc1F. The summed E-state index contributed by atoms with van der Waals surface area (Å²) >= 11 is 0. The van der Waals surface area contributed by atoms with Crippen molar-refractivity contribution in [1.29, 1.82) is 0 Å². The first-order valence-electron chi connectivity index (χ1n) is 9.26. The van der Waals surface area contributed by atoms with Crippen LogP contribution >= 0.6 is 0 Å². The van der Waals surface area contributed by atoms with Crippen molar-refractivity contribution in [2.45, 2.75) is 13.5 Å². The van der Waals surface area contributed by atoms with Gasteiger partial charge in [-0.2, -0.15) is 0 Å². The molecule has 0 fully saturated rings. The summed E-state index contributed by atoms with van der Waals surface area (Å²) in [6, 6.07) is 13.2. The first-order valence-corrected chi connectivity index (χ1v) is 9.26. The van der Waals surface area contributed by atoms with Crippen molar-refractivity contribution in [3.05, 3.63) is 88.7 Å². The van der Waals surface area contributed by atoms with Gasteiger partial charge in [-0.25, -0.2) is 9.24 Å². The summed E-state index contributed by atoms with van der Waals surface area (Å²) in [4.78, 5) is 19.6. The van der Waals surface area contributed by atoms with Crippen molar-refractivity contribution >= 4 is 11.6 Å². The fourth-order valence-corrected chi connectivity index (χ4v) is 2.90. The maximum absolute atomic E-state index is 13.7. The molecule has 0 aliphatic rings. The number of benzene rings is 2. The number of aromatic nitrogens is 1. The maximum Gasteiger partial charge on any atom is 0.251 e. The quantitative estimate of drug-likeness (QED) is 0.582. The Hall–Kier alpha value is -3.76. The summed E-state index contributed by atoms with van der Waals surface area (Å²) in [5.41, 5.74) is 3.70. The number of carbonyl (C=O) groups excluding carboxylic acids is 1. The number of aryl methyl sites for hydroxylation is 1. The highest BCUT2D eigenvalue weighted by Gasteiger charge is 2.11. The van der Waals surface area contributed by atoms with Crippen molar-refractivity contribution < 1.29 is 19.0 Å². The van der Waals surface area contributed by atoms with E-state index in [0.29, 0.717) is 11.3 Å². The number of pyridine rings is 1. The molecule has 0 bridgehead atoms. The molecule has 7 heteroatoms. The minimum absolute atomic E-state index is 0.0441. The van der Waals surface area contributed by atoms with Gasteiger partial charge in [-0.3, -0.25) is 9.78 Å². The lowest BCUT2D eigenvalue weighted by molar-refractivity contribution is 0.0944. The van der Waals surface area contributed by atoms with Crippen LogP contribution in [0.1, 0.15) is 21.5 Å². The molecular weight excluding hydrogens is 385 g/mol. The summed E-state index contributed by atoms with van der Waals surface area (Å²) in [5, 5.41) is 11.5. The highest BCUT2D eigenvalue weighted by molar-refractivity contribution is 5.96. The Kier molecular flexibility index (Phi) is 6.73. The van der Waals surface area contributed by atoms with Gasteiger partial charge in [0.15, 0.2) is 0 Å². The first-order chi connectivity index (χ1) is 14.5. The molecule has 152 valence electrons. The number of ether oxygens (including phenoxy) is 1. The molecule has 0 radical (unpaired) electrons. The third-order valence-electron chi connectivity index (χ3n) is 4.43. The average Bonchev–Trinajstić information content (AvgIpc) is 2.76. The molecule has 0 unspecified atom stereocenters. The van der Waals surface area contributed by atoms with Crippen molar-refractivity contribution in [3.8, 4) is 17.0 Å². The van der Waals surface area contributed by atoms with E-state index in [0.717, 1.165) is 22.4 Å². The number of nitrogens with one attached hydrogen (secondary N) is 1.